The van der Waals surface area contributed by atoms with E-state index in [0.717, 1.165) is 99.0 Å². The zero-order valence-corrected chi connectivity index (χ0v) is 39.1. The van der Waals surface area contributed by atoms with Crippen LogP contribution < -0.4 is 15.4 Å². The van der Waals surface area contributed by atoms with E-state index in [0.29, 0.717) is 48.6 Å². The van der Waals surface area contributed by atoms with Gasteiger partial charge in [0, 0.05) is 85.7 Å². The lowest BCUT2D eigenvalue weighted by Gasteiger charge is -2.46. The first-order valence-electron chi connectivity index (χ1n) is 22.6. The number of alkyl halides is 1. The van der Waals surface area contributed by atoms with Crippen LogP contribution in [0.25, 0.3) is 11.3 Å². The monoisotopic (exact) mass is 897 g/mol. The summed E-state index contributed by atoms with van der Waals surface area (Å²) in [6.45, 7) is 6.64. The van der Waals surface area contributed by atoms with E-state index in [1.807, 2.05) is 56.7 Å². The molecule has 9 nitrogen and oxygen atoms in total. The number of rotatable bonds is 15. The average molecular weight is 899 g/mol. The van der Waals surface area contributed by atoms with Crippen molar-refractivity contribution in [1.29, 1.82) is 0 Å². The molecule has 5 atom stereocenters. The summed E-state index contributed by atoms with van der Waals surface area (Å²) in [6.07, 6.45) is 7.40. The second kappa shape index (κ2) is 22.9. The molecule has 0 saturated carbocycles. The van der Waals surface area contributed by atoms with Gasteiger partial charge in [-0.2, -0.15) is 0 Å². The highest BCUT2D eigenvalue weighted by Crippen LogP contribution is 2.33. The van der Waals surface area contributed by atoms with Gasteiger partial charge in [0.2, 0.25) is 0 Å². The van der Waals surface area contributed by atoms with Gasteiger partial charge in [-0.1, -0.05) is 71.7 Å². The van der Waals surface area contributed by atoms with Crippen LogP contribution in [-0.4, -0.2) is 116 Å². The normalized spacial score (nSPS) is 22.8. The highest BCUT2D eigenvalue weighted by atomic mass is 35.5. The van der Waals surface area contributed by atoms with E-state index in [1.165, 1.54) is 11.1 Å². The van der Waals surface area contributed by atoms with Crippen molar-refractivity contribution < 1.29 is 13.9 Å². The first kappa shape index (κ1) is 47.1. The number of hydrogen-bond acceptors (Lipinski definition) is 8. The minimum absolute atomic E-state index is 0.0357. The minimum Gasteiger partial charge on any atom is -0.457 e. The standard InChI is InChI=1S/C51H66Cl2FN7O2/c1-58(2)35-50-56-32-48(59(50)3)41-14-19-47(20-15-41)63-49-28-44(53)18-13-42(49)34-61-26-22-40(27-38-9-6-5-7-10-38)33-60-25-8-23-51(37-60,29-39-11-16-43(52)17-12-39)57-30-45(36-62-4)55-31-46(61)21-24-54/h5-7,9-20,28,32,40,45-46,55,57H,8,21-27,29-31,33-37H2,1-4H3. The molecule has 2 aliphatic rings. The van der Waals surface area contributed by atoms with Gasteiger partial charge in [-0.05, 0) is 131 Å². The molecule has 2 fully saturated rings. The van der Waals surface area contributed by atoms with Gasteiger partial charge >= 0.3 is 0 Å². The molecule has 4 aromatic carbocycles. The van der Waals surface area contributed by atoms with E-state index in [1.54, 1.807) is 7.11 Å². The van der Waals surface area contributed by atoms with Crippen LogP contribution in [0.2, 0.25) is 10.0 Å². The molecular weight excluding hydrogens is 833 g/mol. The zero-order chi connectivity index (χ0) is 44.2. The largest absolute Gasteiger partial charge is 0.457 e. The molecule has 0 amide bonds. The number of piperidine rings is 1. The van der Waals surface area contributed by atoms with Gasteiger partial charge in [0.15, 0.2) is 0 Å². The third-order valence-electron chi connectivity index (χ3n) is 12.8. The molecule has 2 aliphatic heterocycles. The van der Waals surface area contributed by atoms with Crippen LogP contribution >= 0.6 is 23.2 Å². The number of aromatic nitrogens is 2. The van der Waals surface area contributed by atoms with E-state index in [9.17, 15) is 4.39 Å². The van der Waals surface area contributed by atoms with Crippen molar-refractivity contribution in [2.45, 2.75) is 69.2 Å². The van der Waals surface area contributed by atoms with Crippen LogP contribution in [0.3, 0.4) is 0 Å². The molecular formula is C51H66Cl2FN7O2. The quantitative estimate of drug-likeness (QED) is 0.108. The van der Waals surface area contributed by atoms with Crippen molar-refractivity contribution in [2.75, 3.05) is 73.8 Å². The third kappa shape index (κ3) is 13.4. The molecule has 5 unspecified atom stereocenters. The highest BCUT2D eigenvalue weighted by molar-refractivity contribution is 6.31. The molecule has 3 heterocycles. The molecule has 0 aliphatic carbocycles. The first-order chi connectivity index (χ1) is 30.6. The Morgan fingerprint density at radius 2 is 1.70 bits per heavy atom. The Morgan fingerprint density at radius 1 is 0.921 bits per heavy atom. The number of halogens is 3. The summed E-state index contributed by atoms with van der Waals surface area (Å²) in [7, 11) is 7.90. The van der Waals surface area contributed by atoms with E-state index in [4.69, 9.17) is 32.7 Å². The summed E-state index contributed by atoms with van der Waals surface area (Å²) >= 11 is 13.0. The predicted octanol–water partition coefficient (Wildman–Crippen LogP) is 9.31. The predicted molar refractivity (Wildman–Crippen MR) is 256 cm³/mol. The summed E-state index contributed by atoms with van der Waals surface area (Å²) in [5.74, 6) is 2.81. The fourth-order valence-corrected chi connectivity index (χ4v) is 9.84. The van der Waals surface area contributed by atoms with Gasteiger partial charge in [-0.15, -0.1) is 0 Å². The minimum atomic E-state index is -0.412. The van der Waals surface area contributed by atoms with Crippen molar-refractivity contribution in [3.05, 3.63) is 136 Å². The second-order valence-corrected chi connectivity index (χ2v) is 18.9. The Bertz CT molecular complexity index is 2160. The molecule has 338 valence electrons. The van der Waals surface area contributed by atoms with Crippen molar-refractivity contribution in [1.82, 2.24) is 34.9 Å². The number of methoxy groups -OCH3 is 1. The Morgan fingerprint density at radius 3 is 2.44 bits per heavy atom. The smallest absolute Gasteiger partial charge is 0.133 e. The Hall–Kier alpha value is -3.84. The zero-order valence-electron chi connectivity index (χ0n) is 37.5. The van der Waals surface area contributed by atoms with Crippen molar-refractivity contribution >= 4 is 23.2 Å². The van der Waals surface area contributed by atoms with Gasteiger partial charge in [-0.25, -0.2) is 4.98 Å². The average Bonchev–Trinajstić information content (AvgIpc) is 3.63. The van der Waals surface area contributed by atoms with Gasteiger partial charge in [0.25, 0.3) is 0 Å². The van der Waals surface area contributed by atoms with Crippen LogP contribution in [0, 0.1) is 5.92 Å². The van der Waals surface area contributed by atoms with Crippen LogP contribution in [-0.2, 0) is 37.7 Å². The molecule has 7 rings (SSSR count). The Kier molecular flexibility index (Phi) is 17.1. The molecule has 1 aromatic heterocycles. The summed E-state index contributed by atoms with van der Waals surface area (Å²) in [5.41, 5.74) is 5.63. The van der Waals surface area contributed by atoms with E-state index in [-0.39, 0.29) is 17.6 Å². The fraction of sp³-hybridized carbons (Fsp3) is 0.471. The van der Waals surface area contributed by atoms with Gasteiger partial charge in [-0.3, -0.25) is 9.29 Å². The number of fused-ring (bicyclic) bond motifs is 2. The topological polar surface area (TPSA) is 70.1 Å². The molecule has 12 heteroatoms. The van der Waals surface area contributed by atoms with E-state index >= 15 is 0 Å². The highest BCUT2D eigenvalue weighted by Gasteiger charge is 2.37. The summed E-state index contributed by atoms with van der Waals surface area (Å²) in [4.78, 5) is 11.9. The van der Waals surface area contributed by atoms with Crippen molar-refractivity contribution in [2.24, 2.45) is 13.0 Å². The van der Waals surface area contributed by atoms with Crippen LogP contribution in [0.4, 0.5) is 4.39 Å². The molecule has 0 spiro atoms. The number of ether oxygens (including phenoxy) is 2. The van der Waals surface area contributed by atoms with Gasteiger partial charge < -0.3 is 34.5 Å². The summed E-state index contributed by atoms with van der Waals surface area (Å²) in [6, 6.07) is 33.2. The molecule has 2 N–H and O–H groups in total. The second-order valence-electron chi connectivity index (χ2n) is 18.0. The molecule has 0 radical (unpaired) electrons. The first-order valence-corrected chi connectivity index (χ1v) is 23.3. The SMILES string of the molecule is COCC1CNC2(Cc3ccc(Cl)cc3)CCCN(CC(Cc3ccccc3)CCN(Cc3ccc(Cl)cc3Oc3ccc(-c4cnc(CN(C)C)n4C)cc3)C(CCF)CN1)C2. The number of benzene rings is 4. The van der Waals surface area contributed by atoms with E-state index < -0.39 is 6.67 Å². The maximum atomic E-state index is 14.7. The van der Waals surface area contributed by atoms with E-state index in [2.05, 4.69) is 103 Å². The summed E-state index contributed by atoms with van der Waals surface area (Å²) < 4.78 is 29.3. The van der Waals surface area contributed by atoms with Gasteiger partial charge in [0.1, 0.15) is 17.3 Å². The van der Waals surface area contributed by atoms with Crippen LogP contribution in [0.1, 0.15) is 48.2 Å². The fourth-order valence-electron chi connectivity index (χ4n) is 9.55. The lowest BCUT2D eigenvalue weighted by Crippen LogP contribution is -2.62. The lowest BCUT2D eigenvalue weighted by molar-refractivity contribution is 0.0814. The maximum absolute atomic E-state index is 14.7. The number of hydrogen-bond donors (Lipinski definition) is 2. The van der Waals surface area contributed by atoms with Crippen molar-refractivity contribution in [3.8, 4) is 22.8 Å². The van der Waals surface area contributed by atoms with Crippen molar-refractivity contribution in [3.63, 3.8) is 0 Å². The third-order valence-corrected chi connectivity index (χ3v) is 13.3. The van der Waals surface area contributed by atoms with Gasteiger partial charge in [0.05, 0.1) is 31.7 Å². The maximum Gasteiger partial charge on any atom is 0.133 e. The number of nitrogens with zero attached hydrogens (tertiary/aromatic N) is 5. The van der Waals surface area contributed by atoms with Crippen LogP contribution in [0.5, 0.6) is 11.5 Å². The lowest BCUT2D eigenvalue weighted by atomic mass is 9.82. The Labute approximate surface area is 384 Å². The Balaban J connectivity index is 1.16. The molecule has 2 bridgehead atoms. The molecule has 2 saturated heterocycles. The number of nitrogens with one attached hydrogen (secondary N) is 2. The number of imidazole rings is 1. The molecule has 5 aromatic rings. The summed E-state index contributed by atoms with van der Waals surface area (Å²) in [5, 5.41) is 9.30. The van der Waals surface area contributed by atoms with Crippen LogP contribution in [0.15, 0.2) is 103 Å². The molecule has 63 heavy (non-hydrogen) atoms.